The molecule has 20 heavy (non-hydrogen) atoms. The average Bonchev–Trinajstić information content (AvgIpc) is 3.07. The van der Waals surface area contributed by atoms with Crippen LogP contribution in [-0.2, 0) is 11.0 Å². The van der Waals surface area contributed by atoms with Crippen molar-refractivity contribution in [3.63, 3.8) is 0 Å². The Balaban J connectivity index is 1.68. The second-order valence-corrected chi connectivity index (χ2v) is 7.01. The van der Waals surface area contributed by atoms with Crippen LogP contribution in [0.1, 0.15) is 6.42 Å². The zero-order valence-corrected chi connectivity index (χ0v) is 12.0. The van der Waals surface area contributed by atoms with Gasteiger partial charge in [-0.15, -0.1) is 0 Å². The number of benzene rings is 1. The van der Waals surface area contributed by atoms with Crippen molar-refractivity contribution >= 4 is 21.8 Å². The van der Waals surface area contributed by atoms with Gasteiger partial charge in [0.15, 0.2) is 0 Å². The molecule has 1 aromatic carbocycles. The summed E-state index contributed by atoms with van der Waals surface area (Å²) in [5.41, 5.74) is 0. The molecule has 2 unspecified atom stereocenters. The van der Waals surface area contributed by atoms with Crippen molar-refractivity contribution in [2.45, 2.75) is 17.4 Å². The first-order valence-corrected chi connectivity index (χ1v) is 8.16. The van der Waals surface area contributed by atoms with E-state index in [1.54, 1.807) is 6.20 Å². The van der Waals surface area contributed by atoms with Crippen molar-refractivity contribution in [1.29, 1.82) is 0 Å². The van der Waals surface area contributed by atoms with Crippen LogP contribution in [0.25, 0.3) is 10.8 Å². The van der Waals surface area contributed by atoms with Gasteiger partial charge in [0.05, 0.1) is 4.90 Å². The third kappa shape index (κ3) is 1.97. The van der Waals surface area contributed by atoms with E-state index in [1.807, 2.05) is 30.5 Å². The normalized spacial score (nSPS) is 27.8. The first-order chi connectivity index (χ1) is 9.83. The second kappa shape index (κ2) is 4.91. The molecule has 0 amide bonds. The van der Waals surface area contributed by atoms with Gasteiger partial charge in [0.1, 0.15) is 11.0 Å². The zero-order valence-electron chi connectivity index (χ0n) is 11.2. The molecule has 0 aliphatic carbocycles. The largest absolute Gasteiger partial charge is 0.312 e. The summed E-state index contributed by atoms with van der Waals surface area (Å²) in [5, 5.41) is 5.60. The lowest BCUT2D eigenvalue weighted by Gasteiger charge is -2.17. The van der Waals surface area contributed by atoms with Gasteiger partial charge in [-0.05, 0) is 31.0 Å². The summed E-state index contributed by atoms with van der Waals surface area (Å²) in [6.45, 7) is 2.93. The summed E-state index contributed by atoms with van der Waals surface area (Å²) in [5.74, 6) is 0.663. The van der Waals surface area contributed by atoms with Gasteiger partial charge in [-0.3, -0.25) is 4.98 Å². The molecular formula is C15H17N3OS. The van der Waals surface area contributed by atoms with Gasteiger partial charge in [-0.2, -0.15) is 0 Å². The number of rotatable bonds is 2. The number of nitrogens with zero attached hydrogens (tertiary/aromatic N) is 2. The first kappa shape index (κ1) is 12.4. The van der Waals surface area contributed by atoms with Gasteiger partial charge in [0.2, 0.25) is 0 Å². The Bertz CT molecular complexity index is 658. The van der Waals surface area contributed by atoms with Crippen LogP contribution in [0.2, 0.25) is 0 Å². The maximum absolute atomic E-state index is 12.9. The van der Waals surface area contributed by atoms with Gasteiger partial charge < -0.3 is 5.32 Å². The molecule has 1 aromatic heterocycles. The summed E-state index contributed by atoms with van der Waals surface area (Å²) in [6.07, 6.45) is 4.80. The van der Waals surface area contributed by atoms with Gasteiger partial charge in [-0.25, -0.2) is 8.51 Å². The van der Waals surface area contributed by atoms with Crippen LogP contribution < -0.4 is 5.32 Å². The highest BCUT2D eigenvalue weighted by Gasteiger charge is 2.38. The Kier molecular flexibility index (Phi) is 3.06. The van der Waals surface area contributed by atoms with Gasteiger partial charge in [-0.1, -0.05) is 12.1 Å². The molecule has 2 aliphatic heterocycles. The fourth-order valence-corrected chi connectivity index (χ4v) is 4.80. The molecule has 3 heterocycles. The lowest BCUT2D eigenvalue weighted by atomic mass is 10.1. The number of hydrogen-bond acceptors (Lipinski definition) is 3. The summed E-state index contributed by atoms with van der Waals surface area (Å²) < 4.78 is 15.0. The molecule has 2 aliphatic rings. The smallest absolute Gasteiger partial charge is 0.128 e. The van der Waals surface area contributed by atoms with Crippen LogP contribution in [-0.4, -0.2) is 39.2 Å². The second-order valence-electron chi connectivity index (χ2n) is 5.56. The highest BCUT2D eigenvalue weighted by atomic mass is 32.2. The van der Waals surface area contributed by atoms with Crippen molar-refractivity contribution in [2.24, 2.45) is 5.92 Å². The Morgan fingerprint density at radius 1 is 1.30 bits per heavy atom. The molecule has 0 bridgehead atoms. The molecule has 0 saturated carbocycles. The number of fused-ring (bicyclic) bond motifs is 2. The standard InChI is InChI=1S/C15H17N3OS/c19-20(18-9-12-4-7-17-14(12)10-18)15-3-1-2-11-8-16-6-5-13(11)15/h1-3,5-6,8,12,14,17H,4,7,9-10H2/t12-,14?,20?/m1/s1. The number of hydrogen-bond donors (Lipinski definition) is 1. The Morgan fingerprint density at radius 2 is 2.25 bits per heavy atom. The minimum atomic E-state index is -1.08. The fraction of sp³-hybridized carbons (Fsp3) is 0.400. The third-order valence-electron chi connectivity index (χ3n) is 4.39. The van der Waals surface area contributed by atoms with E-state index in [-0.39, 0.29) is 0 Å². The molecule has 2 saturated heterocycles. The minimum absolute atomic E-state index is 0.524. The van der Waals surface area contributed by atoms with Crippen molar-refractivity contribution in [3.05, 3.63) is 36.7 Å². The topological polar surface area (TPSA) is 45.2 Å². The predicted octanol–water partition coefficient (Wildman–Crippen LogP) is 1.55. The van der Waals surface area contributed by atoms with Crippen molar-refractivity contribution in [2.75, 3.05) is 19.6 Å². The van der Waals surface area contributed by atoms with E-state index < -0.39 is 11.0 Å². The van der Waals surface area contributed by atoms with E-state index in [2.05, 4.69) is 14.6 Å². The van der Waals surface area contributed by atoms with Gasteiger partial charge >= 0.3 is 0 Å². The molecule has 2 aromatic rings. The number of aromatic nitrogens is 1. The molecule has 2 fully saturated rings. The van der Waals surface area contributed by atoms with E-state index in [0.29, 0.717) is 12.0 Å². The summed E-state index contributed by atoms with van der Waals surface area (Å²) in [6, 6.07) is 8.43. The Labute approximate surface area is 120 Å². The maximum Gasteiger partial charge on any atom is 0.128 e. The highest BCUT2D eigenvalue weighted by Crippen LogP contribution is 2.29. The molecule has 4 rings (SSSR count). The highest BCUT2D eigenvalue weighted by molar-refractivity contribution is 7.83. The van der Waals surface area contributed by atoms with Crippen molar-refractivity contribution < 1.29 is 4.21 Å². The van der Waals surface area contributed by atoms with E-state index in [4.69, 9.17) is 0 Å². The van der Waals surface area contributed by atoms with Crippen LogP contribution in [0, 0.1) is 5.92 Å². The molecule has 5 heteroatoms. The van der Waals surface area contributed by atoms with E-state index >= 15 is 0 Å². The zero-order chi connectivity index (χ0) is 13.5. The lowest BCUT2D eigenvalue weighted by Crippen LogP contribution is -2.31. The maximum atomic E-state index is 12.9. The quantitative estimate of drug-likeness (QED) is 0.911. The van der Waals surface area contributed by atoms with Crippen LogP contribution >= 0.6 is 0 Å². The van der Waals surface area contributed by atoms with Crippen LogP contribution in [0.15, 0.2) is 41.6 Å². The monoisotopic (exact) mass is 287 g/mol. The van der Waals surface area contributed by atoms with Gasteiger partial charge in [0, 0.05) is 42.3 Å². The molecule has 4 nitrogen and oxygen atoms in total. The molecule has 0 spiro atoms. The Hall–Kier alpha value is -1.30. The number of nitrogens with one attached hydrogen (secondary N) is 1. The van der Waals surface area contributed by atoms with E-state index in [1.165, 1.54) is 6.42 Å². The van der Waals surface area contributed by atoms with E-state index in [9.17, 15) is 4.21 Å². The van der Waals surface area contributed by atoms with Gasteiger partial charge in [0.25, 0.3) is 0 Å². The SMILES string of the molecule is O=S(c1cccc2cnccc12)N1CC2NCC[C@@H]2C1. The van der Waals surface area contributed by atoms with Crippen molar-refractivity contribution in [3.8, 4) is 0 Å². The first-order valence-electron chi connectivity index (χ1n) is 7.06. The average molecular weight is 287 g/mol. The Morgan fingerprint density at radius 3 is 3.15 bits per heavy atom. The molecule has 104 valence electrons. The third-order valence-corrected chi connectivity index (χ3v) is 5.89. The summed E-state index contributed by atoms with van der Waals surface area (Å²) in [7, 11) is -1.08. The predicted molar refractivity (Wildman–Crippen MR) is 79.6 cm³/mol. The van der Waals surface area contributed by atoms with Crippen molar-refractivity contribution in [1.82, 2.24) is 14.6 Å². The van der Waals surface area contributed by atoms with E-state index in [0.717, 1.165) is 35.3 Å². The van der Waals surface area contributed by atoms with Crippen LogP contribution in [0.4, 0.5) is 0 Å². The minimum Gasteiger partial charge on any atom is -0.312 e. The molecular weight excluding hydrogens is 270 g/mol. The molecule has 1 N–H and O–H groups in total. The summed E-state index contributed by atoms with van der Waals surface area (Å²) in [4.78, 5) is 5.04. The molecule has 0 radical (unpaired) electrons. The van der Waals surface area contributed by atoms with Crippen LogP contribution in [0.3, 0.4) is 0 Å². The molecule has 3 atom stereocenters. The fourth-order valence-electron chi connectivity index (χ4n) is 3.33. The lowest BCUT2D eigenvalue weighted by molar-refractivity contribution is 0.489. The number of pyridine rings is 1. The summed E-state index contributed by atoms with van der Waals surface area (Å²) >= 11 is 0. The van der Waals surface area contributed by atoms with Crippen LogP contribution in [0.5, 0.6) is 0 Å².